The molecule has 0 aromatic carbocycles. The zero-order valence-corrected chi connectivity index (χ0v) is 11.2. The molecule has 0 rings (SSSR count). The van der Waals surface area contributed by atoms with Crippen LogP contribution in [0.2, 0.25) is 0 Å². The van der Waals surface area contributed by atoms with E-state index in [2.05, 4.69) is 0 Å². The molecule has 11 nitrogen and oxygen atoms in total. The van der Waals surface area contributed by atoms with Gasteiger partial charge in [-0.1, -0.05) is 0 Å². The molecule has 0 aromatic heterocycles. The zero-order chi connectivity index (χ0) is 15.8. The van der Waals surface area contributed by atoms with Gasteiger partial charge in [0.05, 0.1) is 12.8 Å². The van der Waals surface area contributed by atoms with Crippen molar-refractivity contribution in [1.82, 2.24) is 0 Å². The molecule has 0 spiro atoms. The summed E-state index contributed by atoms with van der Waals surface area (Å²) in [5.41, 5.74) is -2.74. The monoisotopic (exact) mass is 370 g/mol. The zero-order valence-electron chi connectivity index (χ0n) is 9.64. The second kappa shape index (κ2) is 13.3. The van der Waals surface area contributed by atoms with Gasteiger partial charge in [-0.25, -0.2) is 14.4 Å². The van der Waals surface area contributed by atoms with Crippen molar-refractivity contribution in [3.63, 3.8) is 0 Å². The number of hydrogen-bond donors (Lipinski definition) is 6. The van der Waals surface area contributed by atoms with Crippen LogP contribution in [0.1, 0.15) is 12.8 Å². The van der Waals surface area contributed by atoms with Crippen LogP contribution in [-0.4, -0.2) is 117 Å². The maximum absolute atomic E-state index is 10.3. The van der Waals surface area contributed by atoms with Crippen LogP contribution >= 0.6 is 0 Å². The van der Waals surface area contributed by atoms with Gasteiger partial charge in [0, 0.05) is 21.7 Å². The van der Waals surface area contributed by atoms with Crippen molar-refractivity contribution in [3.8, 4) is 0 Å². The number of carbonyl (C=O) groups is 5. The van der Waals surface area contributed by atoms with E-state index in [0.717, 1.165) is 0 Å². The third-order valence-corrected chi connectivity index (χ3v) is 1.47. The number of carboxylic acids is 5. The molecular formula is C8H11KO11Ti. The van der Waals surface area contributed by atoms with Crippen LogP contribution in [0.25, 0.3) is 0 Å². The van der Waals surface area contributed by atoms with E-state index in [0.29, 0.717) is 0 Å². The van der Waals surface area contributed by atoms with Crippen LogP contribution in [0.3, 0.4) is 0 Å². The van der Waals surface area contributed by atoms with Gasteiger partial charge in [0.2, 0.25) is 0 Å². The number of carboxylic acid groups (broad SMARTS) is 5. The Balaban J connectivity index is -0.000000156. The van der Waals surface area contributed by atoms with Crippen LogP contribution in [0, 0.1) is 0 Å². The normalized spacial score (nSPS) is 8.81. The molecule has 0 heterocycles. The molecule has 0 saturated carbocycles. The minimum atomic E-state index is -2.74. The molecule has 0 aliphatic rings. The number of rotatable bonds is 5. The van der Waals surface area contributed by atoms with Gasteiger partial charge in [-0.2, -0.15) is 0 Å². The first kappa shape index (κ1) is 28.8. The Morgan fingerprint density at radius 2 is 0.952 bits per heavy atom. The summed E-state index contributed by atoms with van der Waals surface area (Å²) in [5, 5.41) is 48.6. The molecule has 0 aliphatic carbocycles. The summed E-state index contributed by atoms with van der Waals surface area (Å²) in [6, 6.07) is 0. The molecule has 0 amide bonds. The van der Waals surface area contributed by atoms with Gasteiger partial charge < -0.3 is 30.6 Å². The van der Waals surface area contributed by atoms with E-state index in [9.17, 15) is 14.4 Å². The van der Waals surface area contributed by atoms with Crippen LogP contribution in [-0.2, 0) is 45.7 Å². The smallest absolute Gasteiger partial charge is 0 e. The average molecular weight is 370 g/mol. The summed E-state index contributed by atoms with van der Waals surface area (Å²) >= 11 is 0. The van der Waals surface area contributed by atoms with E-state index in [1.165, 1.54) is 0 Å². The first-order chi connectivity index (χ1) is 8.42. The van der Waals surface area contributed by atoms with Crippen LogP contribution in [0.15, 0.2) is 0 Å². The number of aliphatic hydroxyl groups is 1. The van der Waals surface area contributed by atoms with E-state index in [1.54, 1.807) is 0 Å². The van der Waals surface area contributed by atoms with Crippen LogP contribution in [0.4, 0.5) is 0 Å². The van der Waals surface area contributed by atoms with Crippen molar-refractivity contribution < 1.29 is 76.3 Å². The number of aliphatic carboxylic acids is 5. The Bertz CT molecular complexity index is 379. The van der Waals surface area contributed by atoms with Crippen molar-refractivity contribution in [2.24, 2.45) is 0 Å². The topological polar surface area (TPSA) is 207 Å². The quantitative estimate of drug-likeness (QED) is 0.216. The summed E-state index contributed by atoms with van der Waals surface area (Å²) in [5.74, 6) is -8.67. The third-order valence-electron chi connectivity index (χ3n) is 1.47. The van der Waals surface area contributed by atoms with Gasteiger partial charge in [0.1, 0.15) is 0 Å². The summed E-state index contributed by atoms with van der Waals surface area (Å²) < 4.78 is 0. The molecule has 0 fully saturated rings. The van der Waals surface area contributed by atoms with E-state index < -0.39 is 48.3 Å². The minimum absolute atomic E-state index is 0. The van der Waals surface area contributed by atoms with Crippen molar-refractivity contribution >= 4 is 81.2 Å². The molecule has 0 radical (unpaired) electrons. The molecule has 0 aliphatic heterocycles. The SMILES string of the molecule is O=C(O)C(=O)O.O=C(O)CC(O)(CC(=O)O)C(=O)O.[KH].[Ti]. The van der Waals surface area contributed by atoms with Crippen LogP contribution < -0.4 is 0 Å². The molecule has 0 unspecified atom stereocenters. The summed E-state index contributed by atoms with van der Waals surface area (Å²) in [4.78, 5) is 48.7. The molecule has 13 heteroatoms. The predicted molar refractivity (Wildman–Crippen MR) is 59.5 cm³/mol. The Morgan fingerprint density at radius 3 is 1.05 bits per heavy atom. The first-order valence-electron chi connectivity index (χ1n) is 4.28. The Hall–Kier alpha value is -0.339. The Morgan fingerprint density at radius 1 is 0.714 bits per heavy atom. The second-order valence-corrected chi connectivity index (χ2v) is 3.09. The standard InChI is InChI=1S/C6H8O7.C2H2O4.K.Ti.H/c7-3(8)1-6(13,5(11)12)2-4(9)10;3-1(4)2(5)6;;;/h13H,1-2H2,(H,7,8)(H,9,10)(H,11,12);(H,3,4)(H,5,6);;;. The fourth-order valence-electron chi connectivity index (χ4n) is 0.714. The molecule has 0 aromatic rings. The fourth-order valence-corrected chi connectivity index (χ4v) is 0.714. The van der Waals surface area contributed by atoms with Gasteiger partial charge in [-0.15, -0.1) is 0 Å². The van der Waals surface area contributed by atoms with Gasteiger partial charge >= 0.3 is 81.2 Å². The Kier molecular flexibility index (Phi) is 18.3. The van der Waals surface area contributed by atoms with E-state index in [1.807, 2.05) is 0 Å². The molecular weight excluding hydrogens is 359 g/mol. The van der Waals surface area contributed by atoms with E-state index >= 15 is 0 Å². The third kappa shape index (κ3) is 15.9. The molecule has 0 saturated heterocycles. The van der Waals surface area contributed by atoms with Crippen molar-refractivity contribution in [2.45, 2.75) is 18.4 Å². The minimum Gasteiger partial charge on any atom is 0 e. The maximum atomic E-state index is 10.3. The molecule has 0 atom stereocenters. The summed E-state index contributed by atoms with van der Waals surface area (Å²) in [7, 11) is 0. The summed E-state index contributed by atoms with van der Waals surface area (Å²) in [6.45, 7) is 0. The molecule has 21 heavy (non-hydrogen) atoms. The van der Waals surface area contributed by atoms with Gasteiger partial charge in [-0.3, -0.25) is 9.59 Å². The average Bonchev–Trinajstić information content (AvgIpc) is 2.14. The van der Waals surface area contributed by atoms with Crippen molar-refractivity contribution in [2.75, 3.05) is 0 Å². The largest absolute Gasteiger partial charge is 0 e. The van der Waals surface area contributed by atoms with Gasteiger partial charge in [0.15, 0.2) is 5.60 Å². The fraction of sp³-hybridized carbons (Fsp3) is 0.375. The maximum Gasteiger partial charge on any atom is 0 e. The van der Waals surface area contributed by atoms with Gasteiger partial charge in [-0.05, 0) is 0 Å². The molecule has 0 bridgehead atoms. The van der Waals surface area contributed by atoms with E-state index in [-0.39, 0.29) is 73.1 Å². The van der Waals surface area contributed by atoms with E-state index in [4.69, 9.17) is 40.2 Å². The molecule has 6 N–H and O–H groups in total. The molecule has 114 valence electrons. The van der Waals surface area contributed by atoms with Gasteiger partial charge in [0.25, 0.3) is 0 Å². The van der Waals surface area contributed by atoms with Crippen molar-refractivity contribution in [1.29, 1.82) is 0 Å². The number of hydrogen-bond acceptors (Lipinski definition) is 6. The Labute approximate surface area is 174 Å². The predicted octanol–water partition coefficient (Wildman–Crippen LogP) is -2.74. The first-order valence-corrected chi connectivity index (χ1v) is 4.28. The van der Waals surface area contributed by atoms with Crippen molar-refractivity contribution in [3.05, 3.63) is 0 Å². The second-order valence-electron chi connectivity index (χ2n) is 3.09. The van der Waals surface area contributed by atoms with Crippen LogP contribution in [0.5, 0.6) is 0 Å². The summed E-state index contributed by atoms with van der Waals surface area (Å²) in [6.07, 6.45) is -2.29.